The van der Waals surface area contributed by atoms with Crippen molar-refractivity contribution in [3.8, 4) is 0 Å². The molecule has 146 valence electrons. The molecule has 2 aromatic heterocycles. The largest absolute Gasteiger partial charge is 0.379 e. The number of ether oxygens (including phenoxy) is 1. The third-order valence-electron chi connectivity index (χ3n) is 5.22. The number of nitrogens with one attached hydrogen (secondary N) is 1. The summed E-state index contributed by atoms with van der Waals surface area (Å²) in [6.07, 6.45) is 1.61. The van der Waals surface area contributed by atoms with E-state index >= 15 is 0 Å². The molecule has 2 atom stereocenters. The van der Waals surface area contributed by atoms with Gasteiger partial charge in [0.15, 0.2) is 0 Å². The van der Waals surface area contributed by atoms with E-state index in [9.17, 15) is 9.59 Å². The van der Waals surface area contributed by atoms with Gasteiger partial charge in [-0.2, -0.15) is 4.98 Å². The molecule has 1 saturated heterocycles. The molecule has 0 aromatic carbocycles. The predicted octanol–water partition coefficient (Wildman–Crippen LogP) is 1.33. The van der Waals surface area contributed by atoms with E-state index in [0.717, 1.165) is 22.7 Å². The molecule has 1 N–H and O–H groups in total. The van der Waals surface area contributed by atoms with Crippen molar-refractivity contribution in [3.63, 3.8) is 0 Å². The standard InChI is InChI=1S/C19H26N4O4/c1-11-7-15(27-22-11)8-14-9-23(10-17(14)26-4)18(24)6-5-16-12(2)20-19(25)21-13(16)3/h7,14,17H,5-6,8-10H2,1-4H3,(H,20,21,25)/t14-,17+/m1/s1. The highest BCUT2D eigenvalue weighted by atomic mass is 16.5. The molecule has 0 aliphatic carbocycles. The summed E-state index contributed by atoms with van der Waals surface area (Å²) in [4.78, 5) is 32.6. The fraction of sp³-hybridized carbons (Fsp3) is 0.579. The first-order valence-corrected chi connectivity index (χ1v) is 9.16. The van der Waals surface area contributed by atoms with Crippen LogP contribution >= 0.6 is 0 Å². The molecule has 27 heavy (non-hydrogen) atoms. The Labute approximate surface area is 157 Å². The second-order valence-electron chi connectivity index (χ2n) is 7.20. The maximum absolute atomic E-state index is 12.7. The molecule has 3 rings (SSSR count). The van der Waals surface area contributed by atoms with Gasteiger partial charge in [-0.15, -0.1) is 0 Å². The van der Waals surface area contributed by atoms with Crippen LogP contribution in [0.25, 0.3) is 0 Å². The molecule has 3 heterocycles. The second kappa shape index (κ2) is 8.04. The lowest BCUT2D eigenvalue weighted by Gasteiger charge is -2.16. The summed E-state index contributed by atoms with van der Waals surface area (Å²) in [7, 11) is 1.68. The van der Waals surface area contributed by atoms with Crippen molar-refractivity contribution >= 4 is 5.91 Å². The first-order valence-electron chi connectivity index (χ1n) is 9.16. The normalized spacial score (nSPS) is 19.6. The summed E-state index contributed by atoms with van der Waals surface area (Å²) in [5, 5.41) is 3.92. The highest BCUT2D eigenvalue weighted by Gasteiger charge is 2.35. The average Bonchev–Trinajstić information content (AvgIpc) is 3.20. The van der Waals surface area contributed by atoms with Crippen molar-refractivity contribution in [2.75, 3.05) is 20.2 Å². The topological polar surface area (TPSA) is 101 Å². The van der Waals surface area contributed by atoms with E-state index in [1.165, 1.54) is 0 Å². The minimum Gasteiger partial charge on any atom is -0.379 e. The number of amides is 1. The molecule has 1 amide bonds. The molecular weight excluding hydrogens is 348 g/mol. The second-order valence-corrected chi connectivity index (χ2v) is 7.20. The van der Waals surface area contributed by atoms with E-state index in [1.807, 2.05) is 24.8 Å². The van der Waals surface area contributed by atoms with Crippen LogP contribution in [0.4, 0.5) is 0 Å². The fourth-order valence-corrected chi connectivity index (χ4v) is 3.79. The van der Waals surface area contributed by atoms with Gasteiger partial charge < -0.3 is 19.1 Å². The monoisotopic (exact) mass is 374 g/mol. The quantitative estimate of drug-likeness (QED) is 0.819. The number of hydrogen-bond donors (Lipinski definition) is 1. The van der Waals surface area contributed by atoms with Gasteiger partial charge in [0.2, 0.25) is 5.91 Å². The zero-order valence-electron chi connectivity index (χ0n) is 16.2. The number of carbonyl (C=O) groups is 1. The van der Waals surface area contributed by atoms with E-state index < -0.39 is 0 Å². The van der Waals surface area contributed by atoms with E-state index in [4.69, 9.17) is 9.26 Å². The first-order chi connectivity index (χ1) is 12.9. The Bertz CT molecular complexity index is 847. The molecule has 0 radical (unpaired) electrons. The molecule has 0 unspecified atom stereocenters. The van der Waals surface area contributed by atoms with Gasteiger partial charge >= 0.3 is 5.69 Å². The van der Waals surface area contributed by atoms with Gasteiger partial charge in [-0.25, -0.2) is 4.79 Å². The van der Waals surface area contributed by atoms with Crippen molar-refractivity contribution in [1.82, 2.24) is 20.0 Å². The van der Waals surface area contributed by atoms with Crippen LogP contribution in [0.1, 0.15) is 34.8 Å². The molecular formula is C19H26N4O4. The van der Waals surface area contributed by atoms with E-state index in [2.05, 4.69) is 15.1 Å². The first kappa shape index (κ1) is 19.3. The molecule has 1 fully saturated rings. The van der Waals surface area contributed by atoms with Crippen LogP contribution in [0.5, 0.6) is 0 Å². The van der Waals surface area contributed by atoms with E-state index in [0.29, 0.717) is 38.0 Å². The van der Waals surface area contributed by atoms with Crippen molar-refractivity contribution in [2.45, 2.75) is 46.1 Å². The van der Waals surface area contributed by atoms with Gasteiger partial charge in [0.05, 0.1) is 11.8 Å². The molecule has 8 heteroatoms. The molecule has 2 aromatic rings. The molecule has 1 aliphatic heterocycles. The Morgan fingerprint density at radius 2 is 2.15 bits per heavy atom. The summed E-state index contributed by atoms with van der Waals surface area (Å²) >= 11 is 0. The van der Waals surface area contributed by atoms with Crippen molar-refractivity contribution in [1.29, 1.82) is 0 Å². The SMILES string of the molecule is CO[C@H]1CN(C(=O)CCc2c(C)nc(=O)[nH]c2C)C[C@H]1Cc1cc(C)no1. The lowest BCUT2D eigenvalue weighted by atomic mass is 10.0. The van der Waals surface area contributed by atoms with Crippen molar-refractivity contribution < 1.29 is 14.1 Å². The molecule has 0 bridgehead atoms. The summed E-state index contributed by atoms with van der Waals surface area (Å²) in [6, 6.07) is 1.92. The number of hydrogen-bond acceptors (Lipinski definition) is 6. The predicted molar refractivity (Wildman–Crippen MR) is 98.5 cm³/mol. The molecule has 0 spiro atoms. The fourth-order valence-electron chi connectivity index (χ4n) is 3.79. The average molecular weight is 374 g/mol. The number of rotatable bonds is 6. The summed E-state index contributed by atoms with van der Waals surface area (Å²) in [5.74, 6) is 1.09. The van der Waals surface area contributed by atoms with E-state index in [-0.39, 0.29) is 23.6 Å². The molecule has 0 saturated carbocycles. The number of nitrogens with zero attached hydrogens (tertiary/aromatic N) is 3. The maximum atomic E-state index is 12.7. The van der Waals surface area contributed by atoms with Crippen LogP contribution in [0.2, 0.25) is 0 Å². The zero-order valence-corrected chi connectivity index (χ0v) is 16.2. The molecule has 1 aliphatic rings. The summed E-state index contributed by atoms with van der Waals surface area (Å²) in [6.45, 7) is 6.74. The Morgan fingerprint density at radius 3 is 2.78 bits per heavy atom. The number of aromatic amines is 1. The van der Waals surface area contributed by atoms with Crippen LogP contribution in [-0.4, -0.2) is 52.2 Å². The van der Waals surface area contributed by atoms with Crippen LogP contribution in [0.15, 0.2) is 15.4 Å². The van der Waals surface area contributed by atoms with Crippen molar-refractivity contribution in [2.24, 2.45) is 5.92 Å². The van der Waals surface area contributed by atoms with Crippen LogP contribution in [0.3, 0.4) is 0 Å². The zero-order chi connectivity index (χ0) is 19.6. The lowest BCUT2D eigenvalue weighted by molar-refractivity contribution is -0.130. The smallest absolute Gasteiger partial charge is 0.345 e. The Morgan fingerprint density at radius 1 is 1.37 bits per heavy atom. The summed E-state index contributed by atoms with van der Waals surface area (Å²) < 4.78 is 10.9. The van der Waals surface area contributed by atoms with Crippen LogP contribution in [0, 0.1) is 26.7 Å². The van der Waals surface area contributed by atoms with Crippen molar-refractivity contribution in [3.05, 3.63) is 45.0 Å². The van der Waals surface area contributed by atoms with Gasteiger partial charge in [-0.1, -0.05) is 5.16 Å². The number of H-pyrrole nitrogens is 1. The van der Waals surface area contributed by atoms with E-state index in [1.54, 1.807) is 14.0 Å². The van der Waals surface area contributed by atoms with Gasteiger partial charge in [0.25, 0.3) is 0 Å². The van der Waals surface area contributed by atoms with Gasteiger partial charge in [-0.3, -0.25) is 4.79 Å². The highest BCUT2D eigenvalue weighted by molar-refractivity contribution is 5.77. The maximum Gasteiger partial charge on any atom is 0.345 e. The van der Waals surface area contributed by atoms with Gasteiger partial charge in [0, 0.05) is 56.4 Å². The third-order valence-corrected chi connectivity index (χ3v) is 5.22. The lowest BCUT2D eigenvalue weighted by Crippen LogP contribution is -2.30. The Balaban J connectivity index is 1.61. The summed E-state index contributed by atoms with van der Waals surface area (Å²) in [5.41, 5.74) is 2.88. The number of aromatic nitrogens is 3. The number of likely N-dealkylation sites (tertiary alicyclic amines) is 1. The number of aryl methyl sites for hydroxylation is 3. The number of methoxy groups -OCH3 is 1. The Hall–Kier alpha value is -2.48. The van der Waals surface area contributed by atoms with Gasteiger partial charge in [0.1, 0.15) is 5.76 Å². The minimum absolute atomic E-state index is 0.0161. The van der Waals surface area contributed by atoms with Crippen LogP contribution in [-0.2, 0) is 22.4 Å². The van der Waals surface area contributed by atoms with Crippen LogP contribution < -0.4 is 5.69 Å². The number of carbonyl (C=O) groups excluding carboxylic acids is 1. The highest BCUT2D eigenvalue weighted by Crippen LogP contribution is 2.25. The molecule has 8 nitrogen and oxygen atoms in total. The third kappa shape index (κ3) is 4.44. The Kier molecular flexibility index (Phi) is 5.74. The minimum atomic E-state index is -0.354. The van der Waals surface area contributed by atoms with Gasteiger partial charge in [-0.05, 0) is 32.8 Å².